The number of aliphatic hydroxyl groups is 1. The number of β-amino-alcohol motifs (C(OH)–C–C–N with tert-alkyl or cyclic N) is 1. The largest absolute Gasteiger partial charge is 0.388 e. The molecule has 6 heteroatoms. The molecule has 2 saturated heterocycles. The van der Waals surface area contributed by atoms with Gasteiger partial charge in [-0.25, -0.2) is 9.97 Å². The second kappa shape index (κ2) is 7.41. The highest BCUT2D eigenvalue weighted by atomic mass is 16.5. The number of nitrogens with zero attached hydrogens (tertiary/aromatic N) is 4. The van der Waals surface area contributed by atoms with E-state index in [9.17, 15) is 5.11 Å². The Balaban J connectivity index is 1.80. The monoisotopic (exact) mass is 362 g/mol. The molecule has 0 aliphatic carbocycles. The third-order valence-corrected chi connectivity index (χ3v) is 6.19. The Labute approximate surface area is 157 Å². The van der Waals surface area contributed by atoms with E-state index in [2.05, 4.69) is 42.5 Å². The topological polar surface area (TPSA) is 61.7 Å². The molecule has 0 saturated carbocycles. The number of ether oxygens (including phenoxy) is 1. The van der Waals surface area contributed by atoms with Crippen LogP contribution in [-0.2, 0) is 11.2 Å². The standard InChI is InChI=1S/C20H34N4O2/c1-6-17-15(2)21-16(3)22-18(17)24-8-7-20(25,19(4,5)13-24)14-23-9-11-26-12-10-23/h25H,6-14H2,1-5H3/t20-/m0/s1. The van der Waals surface area contributed by atoms with Crippen molar-refractivity contribution in [3.05, 3.63) is 17.1 Å². The van der Waals surface area contributed by atoms with Crippen LogP contribution in [0.4, 0.5) is 5.82 Å². The van der Waals surface area contributed by atoms with Gasteiger partial charge in [-0.15, -0.1) is 0 Å². The lowest BCUT2D eigenvalue weighted by atomic mass is 9.69. The van der Waals surface area contributed by atoms with Crippen LogP contribution in [0.1, 0.15) is 44.3 Å². The first-order valence-corrected chi connectivity index (χ1v) is 9.87. The van der Waals surface area contributed by atoms with Crippen molar-refractivity contribution in [3.8, 4) is 0 Å². The number of hydrogen-bond donors (Lipinski definition) is 1. The molecule has 2 aliphatic heterocycles. The Hall–Kier alpha value is -1.24. The Morgan fingerprint density at radius 1 is 1.12 bits per heavy atom. The highest BCUT2D eigenvalue weighted by Gasteiger charge is 2.49. The SMILES string of the molecule is CCc1c(C)nc(C)nc1N1CC[C@](O)(CN2CCOCC2)C(C)(C)C1. The van der Waals surface area contributed by atoms with E-state index in [0.717, 1.165) is 76.1 Å². The van der Waals surface area contributed by atoms with E-state index in [1.165, 1.54) is 5.56 Å². The van der Waals surface area contributed by atoms with Gasteiger partial charge in [-0.05, 0) is 26.7 Å². The number of hydrogen-bond acceptors (Lipinski definition) is 6. The van der Waals surface area contributed by atoms with Crippen molar-refractivity contribution in [2.75, 3.05) is 50.8 Å². The first-order valence-electron chi connectivity index (χ1n) is 9.87. The molecule has 1 N–H and O–H groups in total. The molecule has 0 amide bonds. The van der Waals surface area contributed by atoms with Crippen LogP contribution >= 0.6 is 0 Å². The lowest BCUT2D eigenvalue weighted by Crippen LogP contribution is -2.62. The Kier molecular flexibility index (Phi) is 5.56. The fraction of sp³-hybridized carbons (Fsp3) is 0.800. The molecule has 3 rings (SSSR count). The number of morpholine rings is 1. The summed E-state index contributed by atoms with van der Waals surface area (Å²) in [7, 11) is 0. The van der Waals surface area contributed by atoms with Crippen molar-refractivity contribution in [1.82, 2.24) is 14.9 Å². The molecular formula is C20H34N4O2. The zero-order valence-electron chi connectivity index (χ0n) is 17.0. The van der Waals surface area contributed by atoms with E-state index in [4.69, 9.17) is 9.72 Å². The Morgan fingerprint density at radius 3 is 2.42 bits per heavy atom. The summed E-state index contributed by atoms with van der Waals surface area (Å²) in [6.07, 6.45) is 1.68. The third kappa shape index (κ3) is 3.73. The van der Waals surface area contributed by atoms with Gasteiger partial charge >= 0.3 is 0 Å². The summed E-state index contributed by atoms with van der Waals surface area (Å²) in [4.78, 5) is 14.0. The number of anilines is 1. The quantitative estimate of drug-likeness (QED) is 0.883. The molecule has 2 fully saturated rings. The molecule has 0 radical (unpaired) electrons. The van der Waals surface area contributed by atoms with Crippen molar-refractivity contribution in [3.63, 3.8) is 0 Å². The average molecular weight is 363 g/mol. The minimum Gasteiger partial charge on any atom is -0.388 e. The van der Waals surface area contributed by atoms with Crippen LogP contribution in [0.5, 0.6) is 0 Å². The molecule has 0 spiro atoms. The number of rotatable bonds is 4. The third-order valence-electron chi connectivity index (χ3n) is 6.19. The number of aryl methyl sites for hydroxylation is 2. The van der Waals surface area contributed by atoms with Crippen LogP contribution in [0.3, 0.4) is 0 Å². The van der Waals surface area contributed by atoms with Gasteiger partial charge in [0.15, 0.2) is 0 Å². The summed E-state index contributed by atoms with van der Waals surface area (Å²) in [6, 6.07) is 0. The zero-order chi connectivity index (χ0) is 18.9. The first-order chi connectivity index (χ1) is 12.3. The Bertz CT molecular complexity index is 643. The van der Waals surface area contributed by atoms with Crippen LogP contribution in [0, 0.1) is 19.3 Å². The minimum absolute atomic E-state index is 0.221. The molecular weight excluding hydrogens is 328 g/mol. The van der Waals surface area contributed by atoms with Crippen LogP contribution in [0.2, 0.25) is 0 Å². The first kappa shape index (κ1) is 19.5. The van der Waals surface area contributed by atoms with Gasteiger partial charge in [0.2, 0.25) is 0 Å². The second-order valence-electron chi connectivity index (χ2n) is 8.49. The van der Waals surface area contributed by atoms with Gasteiger partial charge in [-0.1, -0.05) is 20.8 Å². The van der Waals surface area contributed by atoms with Gasteiger partial charge in [-0.2, -0.15) is 0 Å². The van der Waals surface area contributed by atoms with Crippen LogP contribution < -0.4 is 4.90 Å². The molecule has 1 aromatic heterocycles. The summed E-state index contributed by atoms with van der Waals surface area (Å²) in [5.74, 6) is 1.88. The Morgan fingerprint density at radius 2 is 1.81 bits per heavy atom. The highest BCUT2D eigenvalue weighted by Crippen LogP contribution is 2.41. The van der Waals surface area contributed by atoms with E-state index in [0.29, 0.717) is 0 Å². The van der Waals surface area contributed by atoms with Crippen LogP contribution in [0.25, 0.3) is 0 Å². The van der Waals surface area contributed by atoms with E-state index in [1.54, 1.807) is 0 Å². The maximum absolute atomic E-state index is 11.5. The summed E-state index contributed by atoms with van der Waals surface area (Å²) < 4.78 is 5.45. The van der Waals surface area contributed by atoms with Crippen molar-refractivity contribution in [1.29, 1.82) is 0 Å². The fourth-order valence-corrected chi connectivity index (χ4v) is 4.36. The molecule has 146 valence electrons. The molecule has 1 aromatic rings. The summed E-state index contributed by atoms with van der Waals surface area (Å²) in [5, 5.41) is 11.5. The van der Waals surface area contributed by atoms with E-state index >= 15 is 0 Å². The van der Waals surface area contributed by atoms with E-state index in [1.807, 2.05) is 6.92 Å². The van der Waals surface area contributed by atoms with Gasteiger partial charge < -0.3 is 14.7 Å². The van der Waals surface area contributed by atoms with Crippen molar-refractivity contribution in [2.45, 2.75) is 53.1 Å². The minimum atomic E-state index is -0.690. The van der Waals surface area contributed by atoms with Crippen molar-refractivity contribution in [2.24, 2.45) is 5.41 Å². The molecule has 0 unspecified atom stereocenters. The predicted octanol–water partition coefficient (Wildman–Crippen LogP) is 1.96. The molecule has 1 atom stereocenters. The average Bonchev–Trinajstić information content (AvgIpc) is 2.58. The molecule has 2 aliphatic rings. The van der Waals surface area contributed by atoms with Gasteiger partial charge in [0.1, 0.15) is 11.6 Å². The van der Waals surface area contributed by atoms with E-state index < -0.39 is 5.60 Å². The summed E-state index contributed by atoms with van der Waals surface area (Å²) in [5.41, 5.74) is 1.39. The highest BCUT2D eigenvalue weighted by molar-refractivity contribution is 5.50. The number of piperidine rings is 1. The predicted molar refractivity (Wildman–Crippen MR) is 104 cm³/mol. The van der Waals surface area contributed by atoms with Crippen LogP contribution in [0.15, 0.2) is 0 Å². The maximum Gasteiger partial charge on any atom is 0.135 e. The van der Waals surface area contributed by atoms with Gasteiger partial charge in [0, 0.05) is 49.4 Å². The maximum atomic E-state index is 11.5. The summed E-state index contributed by atoms with van der Waals surface area (Å²) >= 11 is 0. The van der Waals surface area contributed by atoms with Crippen molar-refractivity contribution >= 4 is 5.82 Å². The lowest BCUT2D eigenvalue weighted by Gasteiger charge is -2.52. The summed E-state index contributed by atoms with van der Waals surface area (Å²) in [6.45, 7) is 16.3. The molecule has 0 aromatic carbocycles. The van der Waals surface area contributed by atoms with Crippen molar-refractivity contribution < 1.29 is 9.84 Å². The molecule has 6 nitrogen and oxygen atoms in total. The fourth-order valence-electron chi connectivity index (χ4n) is 4.36. The molecule has 0 bridgehead atoms. The second-order valence-corrected chi connectivity index (χ2v) is 8.49. The van der Waals surface area contributed by atoms with Gasteiger partial charge in [0.05, 0.1) is 18.8 Å². The zero-order valence-corrected chi connectivity index (χ0v) is 17.0. The normalized spacial score (nSPS) is 26.9. The van der Waals surface area contributed by atoms with Gasteiger partial charge in [0.25, 0.3) is 0 Å². The van der Waals surface area contributed by atoms with Crippen LogP contribution in [-0.4, -0.2) is 71.5 Å². The molecule has 26 heavy (non-hydrogen) atoms. The van der Waals surface area contributed by atoms with E-state index in [-0.39, 0.29) is 5.41 Å². The smallest absolute Gasteiger partial charge is 0.135 e. The number of aromatic nitrogens is 2. The molecule has 3 heterocycles. The van der Waals surface area contributed by atoms with Gasteiger partial charge in [-0.3, -0.25) is 4.90 Å². The lowest BCUT2D eigenvalue weighted by molar-refractivity contribution is -0.111.